The van der Waals surface area contributed by atoms with Gasteiger partial charge in [0.2, 0.25) is 5.82 Å². The fraction of sp³-hybridized carbons (Fsp3) is 0.357. The van der Waals surface area contributed by atoms with E-state index in [-0.39, 0.29) is 18.5 Å². The number of carbonyl (C=O) groups excluding carboxylic acids is 1. The summed E-state index contributed by atoms with van der Waals surface area (Å²) in [5.41, 5.74) is 0.866. The number of ether oxygens (including phenoxy) is 1. The van der Waals surface area contributed by atoms with Gasteiger partial charge < -0.3 is 9.26 Å². The van der Waals surface area contributed by atoms with Crippen LogP contribution in [0.4, 0.5) is 0 Å². The molecule has 100 valence electrons. The SMILES string of the molecule is CCC(C)C(=O)OCc1nc(-c2ccccc2)no1. The highest BCUT2D eigenvalue weighted by Gasteiger charge is 2.14. The van der Waals surface area contributed by atoms with E-state index in [0.717, 1.165) is 12.0 Å². The van der Waals surface area contributed by atoms with Crippen molar-refractivity contribution in [3.8, 4) is 11.4 Å². The number of hydrogen-bond acceptors (Lipinski definition) is 5. The smallest absolute Gasteiger partial charge is 0.309 e. The van der Waals surface area contributed by atoms with Crippen molar-refractivity contribution in [1.29, 1.82) is 0 Å². The van der Waals surface area contributed by atoms with Gasteiger partial charge in [0, 0.05) is 5.56 Å². The molecular formula is C14H16N2O3. The van der Waals surface area contributed by atoms with Crippen molar-refractivity contribution in [2.24, 2.45) is 5.92 Å². The van der Waals surface area contributed by atoms with Gasteiger partial charge in [-0.1, -0.05) is 49.3 Å². The third kappa shape index (κ3) is 3.40. The van der Waals surface area contributed by atoms with E-state index in [4.69, 9.17) is 9.26 Å². The summed E-state index contributed by atoms with van der Waals surface area (Å²) in [4.78, 5) is 15.7. The highest BCUT2D eigenvalue weighted by atomic mass is 16.6. The molecule has 0 spiro atoms. The predicted molar refractivity (Wildman–Crippen MR) is 69.0 cm³/mol. The van der Waals surface area contributed by atoms with Crippen LogP contribution in [0, 0.1) is 5.92 Å². The second kappa shape index (κ2) is 6.13. The molecule has 0 N–H and O–H groups in total. The Kier molecular flexibility index (Phi) is 4.28. The summed E-state index contributed by atoms with van der Waals surface area (Å²) in [6, 6.07) is 9.49. The summed E-state index contributed by atoms with van der Waals surface area (Å²) in [5, 5.41) is 3.85. The molecule has 0 aliphatic heterocycles. The van der Waals surface area contributed by atoms with E-state index in [1.165, 1.54) is 0 Å². The molecule has 0 radical (unpaired) electrons. The normalized spacial score (nSPS) is 12.1. The lowest BCUT2D eigenvalue weighted by molar-refractivity contribution is -0.150. The molecule has 1 unspecified atom stereocenters. The van der Waals surface area contributed by atoms with Crippen LogP contribution >= 0.6 is 0 Å². The summed E-state index contributed by atoms with van der Waals surface area (Å²) < 4.78 is 10.1. The molecule has 0 amide bonds. The second-order valence-corrected chi connectivity index (χ2v) is 4.29. The molecule has 0 bridgehead atoms. The van der Waals surface area contributed by atoms with Gasteiger partial charge in [-0.05, 0) is 6.42 Å². The zero-order chi connectivity index (χ0) is 13.7. The molecule has 1 atom stereocenters. The molecule has 5 nitrogen and oxygen atoms in total. The minimum absolute atomic E-state index is 0.0169. The topological polar surface area (TPSA) is 65.2 Å². The van der Waals surface area contributed by atoms with Crippen LogP contribution in [-0.4, -0.2) is 16.1 Å². The van der Waals surface area contributed by atoms with Crippen LogP contribution in [-0.2, 0) is 16.1 Å². The van der Waals surface area contributed by atoms with Crippen LogP contribution < -0.4 is 0 Å². The first kappa shape index (κ1) is 13.3. The Balaban J connectivity index is 1.97. The average Bonchev–Trinajstić information content (AvgIpc) is 2.93. The van der Waals surface area contributed by atoms with Crippen LogP contribution in [0.2, 0.25) is 0 Å². The van der Waals surface area contributed by atoms with Crippen molar-refractivity contribution in [3.63, 3.8) is 0 Å². The highest BCUT2D eigenvalue weighted by Crippen LogP contribution is 2.15. The number of aromatic nitrogens is 2. The lowest BCUT2D eigenvalue weighted by Crippen LogP contribution is -2.13. The van der Waals surface area contributed by atoms with Crippen LogP contribution in [0.15, 0.2) is 34.9 Å². The number of hydrogen-bond donors (Lipinski definition) is 0. The maximum Gasteiger partial charge on any atom is 0.309 e. The molecule has 1 aromatic carbocycles. The first-order valence-electron chi connectivity index (χ1n) is 6.25. The molecule has 0 aliphatic carbocycles. The monoisotopic (exact) mass is 260 g/mol. The third-order valence-electron chi connectivity index (χ3n) is 2.85. The fourth-order valence-electron chi connectivity index (χ4n) is 1.46. The van der Waals surface area contributed by atoms with Gasteiger partial charge in [-0.3, -0.25) is 4.79 Å². The minimum atomic E-state index is -0.248. The molecule has 2 aromatic rings. The van der Waals surface area contributed by atoms with Crippen molar-refractivity contribution < 1.29 is 14.1 Å². The Morgan fingerprint density at radius 2 is 2.11 bits per heavy atom. The molecule has 1 aromatic heterocycles. The van der Waals surface area contributed by atoms with Crippen molar-refractivity contribution in [1.82, 2.24) is 10.1 Å². The number of rotatable bonds is 5. The zero-order valence-corrected chi connectivity index (χ0v) is 11.0. The lowest BCUT2D eigenvalue weighted by atomic mass is 10.1. The third-order valence-corrected chi connectivity index (χ3v) is 2.85. The summed E-state index contributed by atoms with van der Waals surface area (Å²) in [6.07, 6.45) is 0.748. The van der Waals surface area contributed by atoms with Crippen LogP contribution in [0.5, 0.6) is 0 Å². The Bertz CT molecular complexity index is 537. The summed E-state index contributed by atoms with van der Waals surface area (Å²) >= 11 is 0. The first-order chi connectivity index (χ1) is 9.20. The van der Waals surface area contributed by atoms with E-state index in [2.05, 4.69) is 10.1 Å². The van der Waals surface area contributed by atoms with Gasteiger partial charge in [0.05, 0.1) is 5.92 Å². The molecule has 0 saturated carbocycles. The molecule has 2 rings (SSSR count). The standard InChI is InChI=1S/C14H16N2O3/c1-3-10(2)14(17)18-9-12-15-13(16-19-12)11-7-5-4-6-8-11/h4-8,10H,3,9H2,1-2H3. The van der Waals surface area contributed by atoms with E-state index in [1.807, 2.05) is 44.2 Å². The maximum absolute atomic E-state index is 11.5. The molecule has 19 heavy (non-hydrogen) atoms. The van der Waals surface area contributed by atoms with Crippen molar-refractivity contribution in [3.05, 3.63) is 36.2 Å². The molecule has 5 heteroatoms. The second-order valence-electron chi connectivity index (χ2n) is 4.29. The minimum Gasteiger partial charge on any atom is -0.455 e. The van der Waals surface area contributed by atoms with Crippen molar-refractivity contribution in [2.75, 3.05) is 0 Å². The van der Waals surface area contributed by atoms with Gasteiger partial charge in [0.25, 0.3) is 5.89 Å². The maximum atomic E-state index is 11.5. The van der Waals surface area contributed by atoms with Gasteiger partial charge >= 0.3 is 5.97 Å². The Hall–Kier alpha value is -2.17. The predicted octanol–water partition coefficient (Wildman–Crippen LogP) is 2.83. The van der Waals surface area contributed by atoms with Crippen molar-refractivity contribution in [2.45, 2.75) is 26.9 Å². The van der Waals surface area contributed by atoms with Gasteiger partial charge in [-0.15, -0.1) is 0 Å². The molecular weight excluding hydrogens is 244 g/mol. The first-order valence-corrected chi connectivity index (χ1v) is 6.25. The molecule has 0 saturated heterocycles. The van der Waals surface area contributed by atoms with Crippen LogP contribution in [0.1, 0.15) is 26.2 Å². The highest BCUT2D eigenvalue weighted by molar-refractivity contribution is 5.71. The summed E-state index contributed by atoms with van der Waals surface area (Å²) in [5.74, 6) is 0.434. The number of benzene rings is 1. The van der Waals surface area contributed by atoms with E-state index < -0.39 is 0 Å². The van der Waals surface area contributed by atoms with Gasteiger partial charge in [0.1, 0.15) is 0 Å². The number of esters is 1. The van der Waals surface area contributed by atoms with E-state index in [0.29, 0.717) is 11.7 Å². The molecule has 0 fully saturated rings. The Morgan fingerprint density at radius 3 is 2.79 bits per heavy atom. The summed E-state index contributed by atoms with van der Waals surface area (Å²) in [7, 11) is 0. The largest absolute Gasteiger partial charge is 0.455 e. The molecule has 1 heterocycles. The van der Waals surface area contributed by atoms with E-state index >= 15 is 0 Å². The molecule has 0 aliphatic rings. The van der Waals surface area contributed by atoms with Gasteiger partial charge in [0.15, 0.2) is 6.61 Å². The van der Waals surface area contributed by atoms with E-state index in [9.17, 15) is 4.79 Å². The number of nitrogens with zero attached hydrogens (tertiary/aromatic N) is 2. The summed E-state index contributed by atoms with van der Waals surface area (Å²) in [6.45, 7) is 3.78. The zero-order valence-electron chi connectivity index (χ0n) is 11.0. The quantitative estimate of drug-likeness (QED) is 0.773. The van der Waals surface area contributed by atoms with Gasteiger partial charge in [-0.2, -0.15) is 4.98 Å². The van der Waals surface area contributed by atoms with Crippen molar-refractivity contribution >= 4 is 5.97 Å². The van der Waals surface area contributed by atoms with E-state index in [1.54, 1.807) is 0 Å². The number of carbonyl (C=O) groups is 1. The van der Waals surface area contributed by atoms with Crippen LogP contribution in [0.3, 0.4) is 0 Å². The fourth-order valence-corrected chi connectivity index (χ4v) is 1.46. The van der Waals surface area contributed by atoms with Gasteiger partial charge in [-0.25, -0.2) is 0 Å². The van der Waals surface area contributed by atoms with Crippen LogP contribution in [0.25, 0.3) is 11.4 Å². The Morgan fingerprint density at radius 1 is 1.37 bits per heavy atom. The lowest BCUT2D eigenvalue weighted by Gasteiger charge is -2.06. The average molecular weight is 260 g/mol. The Labute approximate surface area is 111 Å².